The molecule has 2 N–H and O–H groups in total. The van der Waals surface area contributed by atoms with Gasteiger partial charge in [0.25, 0.3) is 0 Å². The summed E-state index contributed by atoms with van der Waals surface area (Å²) < 4.78 is 5.74. The zero-order chi connectivity index (χ0) is 22.5. The van der Waals surface area contributed by atoms with Gasteiger partial charge in [0.15, 0.2) is 0 Å². The molecule has 0 radical (unpaired) electrons. The van der Waals surface area contributed by atoms with Crippen molar-refractivity contribution in [1.82, 2.24) is 5.32 Å². The summed E-state index contributed by atoms with van der Waals surface area (Å²) in [5, 5.41) is 13.6. The minimum atomic E-state index is -0.973. The number of carbonyl (C=O) groups excluding carboxylic acids is 1. The fraction of sp³-hybridized carbons (Fsp3) is 0.417. The van der Waals surface area contributed by atoms with Gasteiger partial charge >= 0.3 is 5.97 Å². The van der Waals surface area contributed by atoms with E-state index in [1.807, 2.05) is 42.5 Å². The molecule has 31 heavy (non-hydrogen) atoms. The maximum absolute atomic E-state index is 12.7. The Balaban J connectivity index is 1.85. The van der Waals surface area contributed by atoms with Crippen LogP contribution >= 0.6 is 23.2 Å². The summed E-state index contributed by atoms with van der Waals surface area (Å²) in [4.78, 5) is 24.0. The van der Waals surface area contributed by atoms with Crippen molar-refractivity contribution in [3.05, 3.63) is 69.7 Å². The Bertz CT molecular complexity index is 918. The number of halogens is 2. The number of ether oxygens (including phenoxy) is 1. The Morgan fingerprint density at radius 1 is 1.19 bits per heavy atom. The van der Waals surface area contributed by atoms with Crippen LogP contribution in [0.1, 0.15) is 49.3 Å². The van der Waals surface area contributed by atoms with E-state index < -0.39 is 11.9 Å². The second-order valence-electron chi connectivity index (χ2n) is 8.22. The molecule has 166 valence electrons. The van der Waals surface area contributed by atoms with Crippen LogP contribution in [-0.2, 0) is 14.3 Å². The van der Waals surface area contributed by atoms with Crippen molar-refractivity contribution in [3.8, 4) is 0 Å². The van der Waals surface area contributed by atoms with Crippen molar-refractivity contribution in [3.63, 3.8) is 0 Å². The average molecular weight is 464 g/mol. The van der Waals surface area contributed by atoms with Gasteiger partial charge in [-0.25, -0.2) is 0 Å². The maximum atomic E-state index is 12.7. The number of carboxylic acids is 1. The minimum absolute atomic E-state index is 0.0431. The van der Waals surface area contributed by atoms with Gasteiger partial charge in [-0.15, -0.1) is 0 Å². The van der Waals surface area contributed by atoms with E-state index in [0.717, 1.165) is 11.1 Å². The van der Waals surface area contributed by atoms with E-state index in [4.69, 9.17) is 27.9 Å². The number of benzene rings is 2. The molecule has 2 aromatic carbocycles. The lowest BCUT2D eigenvalue weighted by molar-refractivity contribution is -0.142. The standard InChI is InChI=1S/C24H27Cl2NO4/c1-14(10-21(31-2)15-6-8-18(25)9-7-15)23-20(16-4-3-5-19(26)11-16)12-17(13-22(28)29)24(30)27-23/h3-9,11,14,17,20-21,23H,10,12-13H2,1-2H3,(H,27,30)(H,28,29)/t14?,17-,20-,21+,23+/m1/s1. The van der Waals surface area contributed by atoms with E-state index >= 15 is 0 Å². The van der Waals surface area contributed by atoms with E-state index in [1.165, 1.54) is 0 Å². The Morgan fingerprint density at radius 2 is 1.90 bits per heavy atom. The molecule has 0 aliphatic carbocycles. The van der Waals surface area contributed by atoms with Gasteiger partial charge in [0, 0.05) is 35.0 Å². The van der Waals surface area contributed by atoms with Crippen molar-refractivity contribution in [2.24, 2.45) is 11.8 Å². The van der Waals surface area contributed by atoms with Crippen molar-refractivity contribution in [2.75, 3.05) is 7.11 Å². The van der Waals surface area contributed by atoms with Gasteiger partial charge in [-0.05, 0) is 54.2 Å². The zero-order valence-corrected chi connectivity index (χ0v) is 19.1. The highest BCUT2D eigenvalue weighted by molar-refractivity contribution is 6.30. The maximum Gasteiger partial charge on any atom is 0.304 e. The van der Waals surface area contributed by atoms with Crippen LogP contribution in [0, 0.1) is 11.8 Å². The van der Waals surface area contributed by atoms with Crippen LogP contribution in [-0.4, -0.2) is 30.1 Å². The molecule has 0 bridgehead atoms. The molecular formula is C24H27Cl2NO4. The molecule has 1 unspecified atom stereocenters. The number of hydrogen-bond donors (Lipinski definition) is 2. The highest BCUT2D eigenvalue weighted by Crippen LogP contribution is 2.39. The van der Waals surface area contributed by atoms with Crippen molar-refractivity contribution in [1.29, 1.82) is 0 Å². The summed E-state index contributed by atoms with van der Waals surface area (Å²) in [6.45, 7) is 2.09. The van der Waals surface area contributed by atoms with E-state index in [9.17, 15) is 14.7 Å². The zero-order valence-electron chi connectivity index (χ0n) is 17.6. The van der Waals surface area contributed by atoms with Crippen LogP contribution in [0.3, 0.4) is 0 Å². The molecule has 0 aromatic heterocycles. The van der Waals surface area contributed by atoms with E-state index in [1.54, 1.807) is 13.2 Å². The quantitative estimate of drug-likeness (QED) is 0.543. The molecule has 1 amide bonds. The predicted molar refractivity (Wildman–Crippen MR) is 121 cm³/mol. The summed E-state index contributed by atoms with van der Waals surface area (Å²) in [5.74, 6) is -1.73. The molecule has 7 heteroatoms. The van der Waals surface area contributed by atoms with Gasteiger partial charge in [0.1, 0.15) is 0 Å². The second-order valence-corrected chi connectivity index (χ2v) is 9.09. The Hall–Kier alpha value is -2.08. The molecule has 2 aromatic rings. The number of carboxylic acid groups (broad SMARTS) is 1. The first-order chi connectivity index (χ1) is 14.8. The van der Waals surface area contributed by atoms with Gasteiger partial charge in [-0.1, -0.05) is 54.4 Å². The molecule has 1 saturated heterocycles. The van der Waals surface area contributed by atoms with Gasteiger partial charge in [-0.3, -0.25) is 9.59 Å². The Labute approximate surface area is 192 Å². The fourth-order valence-electron chi connectivity index (χ4n) is 4.48. The molecule has 0 saturated carbocycles. The number of hydrogen-bond acceptors (Lipinski definition) is 3. The monoisotopic (exact) mass is 463 g/mol. The first kappa shape index (κ1) is 23.6. The highest BCUT2D eigenvalue weighted by Gasteiger charge is 2.40. The molecular weight excluding hydrogens is 437 g/mol. The molecule has 1 aliphatic rings. The number of methoxy groups -OCH3 is 1. The van der Waals surface area contributed by atoms with Crippen LogP contribution < -0.4 is 5.32 Å². The van der Waals surface area contributed by atoms with Crippen LogP contribution in [0.2, 0.25) is 10.0 Å². The van der Waals surface area contributed by atoms with Gasteiger partial charge in [0.2, 0.25) is 5.91 Å². The van der Waals surface area contributed by atoms with Gasteiger partial charge in [-0.2, -0.15) is 0 Å². The molecule has 1 fully saturated rings. The number of nitrogens with one attached hydrogen (secondary N) is 1. The molecule has 5 atom stereocenters. The van der Waals surface area contributed by atoms with Crippen molar-refractivity contribution in [2.45, 2.75) is 44.2 Å². The number of piperidine rings is 1. The van der Waals surface area contributed by atoms with E-state index in [-0.39, 0.29) is 36.3 Å². The molecule has 0 spiro atoms. The van der Waals surface area contributed by atoms with E-state index in [0.29, 0.717) is 22.9 Å². The fourth-order valence-corrected chi connectivity index (χ4v) is 4.80. The SMILES string of the molecule is CO[C@@H](CC(C)[C@@H]1NC(=O)[C@@H](CC(=O)O)C[C@@H]1c1cccc(Cl)c1)c1ccc(Cl)cc1. The van der Waals surface area contributed by atoms with Crippen molar-refractivity contribution >= 4 is 35.1 Å². The molecule has 5 nitrogen and oxygen atoms in total. The number of carbonyl (C=O) groups is 2. The lowest BCUT2D eigenvalue weighted by Crippen LogP contribution is -2.52. The Kier molecular flexibility index (Phi) is 7.98. The minimum Gasteiger partial charge on any atom is -0.481 e. The van der Waals surface area contributed by atoms with Crippen LogP contribution in [0.4, 0.5) is 0 Å². The number of amides is 1. The summed E-state index contributed by atoms with van der Waals surface area (Å²) in [6, 6.07) is 15.0. The summed E-state index contributed by atoms with van der Waals surface area (Å²) >= 11 is 12.2. The lowest BCUT2D eigenvalue weighted by Gasteiger charge is -2.40. The van der Waals surface area contributed by atoms with Crippen molar-refractivity contribution < 1.29 is 19.4 Å². The first-order valence-electron chi connectivity index (χ1n) is 10.3. The number of aliphatic carboxylic acids is 1. The summed E-state index contributed by atoms with van der Waals surface area (Å²) in [5.41, 5.74) is 2.02. The van der Waals surface area contributed by atoms with Gasteiger partial charge < -0.3 is 15.2 Å². The third-order valence-electron chi connectivity index (χ3n) is 6.07. The highest BCUT2D eigenvalue weighted by atomic mass is 35.5. The smallest absolute Gasteiger partial charge is 0.304 e. The number of rotatable bonds is 8. The van der Waals surface area contributed by atoms with Gasteiger partial charge in [0.05, 0.1) is 12.5 Å². The summed E-state index contributed by atoms with van der Waals surface area (Å²) in [6.07, 6.45) is 0.812. The van der Waals surface area contributed by atoms with Crippen LogP contribution in [0.15, 0.2) is 48.5 Å². The van der Waals surface area contributed by atoms with E-state index in [2.05, 4.69) is 12.2 Å². The topological polar surface area (TPSA) is 75.6 Å². The predicted octanol–water partition coefficient (Wildman–Crippen LogP) is 5.47. The largest absolute Gasteiger partial charge is 0.481 e. The molecule has 3 rings (SSSR count). The van der Waals surface area contributed by atoms with Crippen LogP contribution in [0.5, 0.6) is 0 Å². The average Bonchev–Trinajstić information content (AvgIpc) is 2.73. The third-order valence-corrected chi connectivity index (χ3v) is 6.56. The Morgan fingerprint density at radius 3 is 2.52 bits per heavy atom. The van der Waals surface area contributed by atoms with Crippen LogP contribution in [0.25, 0.3) is 0 Å². The molecule has 1 aliphatic heterocycles. The molecule has 1 heterocycles. The normalized spacial score (nSPS) is 23.1. The second kappa shape index (κ2) is 10.5. The summed E-state index contributed by atoms with van der Waals surface area (Å²) in [7, 11) is 1.67. The first-order valence-corrected chi connectivity index (χ1v) is 11.1. The lowest BCUT2D eigenvalue weighted by atomic mass is 9.73. The third kappa shape index (κ3) is 6.00.